The van der Waals surface area contributed by atoms with Crippen LogP contribution in [-0.4, -0.2) is 43.2 Å². The summed E-state index contributed by atoms with van der Waals surface area (Å²) in [6.45, 7) is 6.50. The molecule has 0 saturated carbocycles. The van der Waals surface area contributed by atoms with Gasteiger partial charge in [-0.05, 0) is 23.3 Å². The van der Waals surface area contributed by atoms with E-state index in [1.54, 1.807) is 5.32 Å². The Morgan fingerprint density at radius 2 is 1.78 bits per heavy atom. The van der Waals surface area contributed by atoms with Crippen LogP contribution >= 0.6 is 22.6 Å². The number of hydrogen-bond acceptors (Lipinski definition) is 3. The van der Waals surface area contributed by atoms with E-state index < -0.39 is 32.2 Å². The highest BCUT2D eigenvalue weighted by atomic mass is 127. The molecule has 1 atom stereocenters. The van der Waals surface area contributed by atoms with Crippen LogP contribution in [0.2, 0.25) is 25.7 Å². The molecule has 0 spiro atoms. The van der Waals surface area contributed by atoms with E-state index in [1.165, 1.54) is 0 Å². The van der Waals surface area contributed by atoms with E-state index in [1.807, 2.05) is 0 Å². The summed E-state index contributed by atoms with van der Waals surface area (Å²) in [6, 6.07) is -0.506. The minimum absolute atomic E-state index is 0.157. The zero-order valence-corrected chi connectivity index (χ0v) is 16.9. The van der Waals surface area contributed by atoms with Crippen LogP contribution in [0.5, 0.6) is 0 Å². The van der Waals surface area contributed by atoms with Crippen molar-refractivity contribution < 1.29 is 27.5 Å². The van der Waals surface area contributed by atoms with Gasteiger partial charge in [0.1, 0.15) is 6.04 Å². The fourth-order valence-electron chi connectivity index (χ4n) is 1.67. The largest absolute Gasteiger partial charge is 0.471 e. The second-order valence-electron chi connectivity index (χ2n) is 6.54. The zero-order chi connectivity index (χ0) is 18.1. The van der Waals surface area contributed by atoms with Crippen LogP contribution in [-0.2, 0) is 14.3 Å². The first-order valence-electron chi connectivity index (χ1n) is 7.57. The molecule has 0 aromatic rings. The van der Waals surface area contributed by atoms with Gasteiger partial charge < -0.3 is 10.1 Å². The van der Waals surface area contributed by atoms with E-state index in [9.17, 15) is 22.8 Å². The molecule has 0 aromatic heterocycles. The summed E-state index contributed by atoms with van der Waals surface area (Å²) < 4.78 is 43.1. The molecule has 1 amide bonds. The standard InChI is InChI=1S/C14H25F3INO3Si/c1-23(2,3)10-9-22-12(20)11(7-5-4-6-8-18)19-13(21)14(15,16)17/h11H,4-10H2,1-3H3,(H,19,21)/t11-/m0/s1. The summed E-state index contributed by atoms with van der Waals surface area (Å²) in [6.07, 6.45) is -2.56. The normalized spacial score (nSPS) is 13.5. The van der Waals surface area contributed by atoms with Crippen molar-refractivity contribution in [2.75, 3.05) is 11.0 Å². The molecular weight excluding hydrogens is 442 g/mol. The molecule has 4 nitrogen and oxygen atoms in total. The van der Waals surface area contributed by atoms with Gasteiger partial charge in [0.15, 0.2) is 0 Å². The van der Waals surface area contributed by atoms with Crippen molar-refractivity contribution in [3.05, 3.63) is 0 Å². The lowest BCUT2D eigenvalue weighted by molar-refractivity contribution is -0.176. The van der Waals surface area contributed by atoms with Crippen molar-refractivity contribution in [2.24, 2.45) is 0 Å². The van der Waals surface area contributed by atoms with Crippen LogP contribution in [0.1, 0.15) is 25.7 Å². The summed E-state index contributed by atoms with van der Waals surface area (Å²) in [5.74, 6) is -2.88. The van der Waals surface area contributed by atoms with Gasteiger partial charge in [-0.25, -0.2) is 4.79 Å². The van der Waals surface area contributed by atoms with Gasteiger partial charge in [-0.15, -0.1) is 0 Å². The topological polar surface area (TPSA) is 55.4 Å². The summed E-state index contributed by atoms with van der Waals surface area (Å²) >= 11 is 2.21. The number of rotatable bonds is 10. The SMILES string of the molecule is C[Si](C)(C)CCOC(=O)[C@H](CCCCCI)NC(=O)C(F)(F)F. The summed E-state index contributed by atoms with van der Waals surface area (Å²) in [5.41, 5.74) is 0. The molecule has 0 aliphatic carbocycles. The van der Waals surface area contributed by atoms with Crippen molar-refractivity contribution in [1.82, 2.24) is 5.32 Å². The van der Waals surface area contributed by atoms with Crippen molar-refractivity contribution in [1.29, 1.82) is 0 Å². The van der Waals surface area contributed by atoms with Crippen LogP contribution in [0.15, 0.2) is 0 Å². The van der Waals surface area contributed by atoms with Crippen LogP contribution in [0.4, 0.5) is 13.2 Å². The van der Waals surface area contributed by atoms with Gasteiger partial charge in [0.25, 0.3) is 0 Å². The van der Waals surface area contributed by atoms with Gasteiger partial charge in [0.2, 0.25) is 0 Å². The molecule has 9 heteroatoms. The molecule has 23 heavy (non-hydrogen) atoms. The van der Waals surface area contributed by atoms with Crippen LogP contribution in [0, 0.1) is 0 Å². The van der Waals surface area contributed by atoms with Crippen molar-refractivity contribution in [2.45, 2.75) is 63.6 Å². The maximum absolute atomic E-state index is 12.4. The summed E-state index contributed by atoms with van der Waals surface area (Å²) in [5, 5.41) is 1.75. The van der Waals surface area contributed by atoms with Crippen molar-refractivity contribution in [3.63, 3.8) is 0 Å². The number of amides is 1. The Bertz CT molecular complexity index is 386. The first kappa shape index (κ1) is 22.7. The number of carbonyl (C=O) groups excluding carboxylic acids is 2. The number of unbranched alkanes of at least 4 members (excludes halogenated alkanes) is 2. The molecule has 0 aliphatic heterocycles. The third kappa shape index (κ3) is 11.8. The first-order chi connectivity index (χ1) is 10.5. The van der Waals surface area contributed by atoms with Gasteiger partial charge in [-0.1, -0.05) is 55.1 Å². The number of esters is 1. The Labute approximate surface area is 150 Å². The maximum Gasteiger partial charge on any atom is 0.471 e. The number of carbonyl (C=O) groups is 2. The second-order valence-corrected chi connectivity index (χ2v) is 13.2. The highest BCUT2D eigenvalue weighted by Gasteiger charge is 2.41. The van der Waals surface area contributed by atoms with E-state index in [0.29, 0.717) is 6.42 Å². The lowest BCUT2D eigenvalue weighted by Gasteiger charge is -2.20. The minimum Gasteiger partial charge on any atom is -0.464 e. The fraction of sp³-hybridized carbons (Fsp3) is 0.857. The average Bonchev–Trinajstić information content (AvgIpc) is 2.39. The number of ether oxygens (including phenoxy) is 1. The first-order valence-corrected chi connectivity index (χ1v) is 12.8. The molecule has 0 saturated heterocycles. The van der Waals surface area contributed by atoms with Crippen LogP contribution in [0.25, 0.3) is 0 Å². The third-order valence-electron chi connectivity index (χ3n) is 3.07. The number of halogens is 4. The molecule has 0 aromatic carbocycles. The Kier molecular flexibility index (Phi) is 10.4. The van der Waals surface area contributed by atoms with E-state index in [2.05, 4.69) is 42.2 Å². The molecule has 1 N–H and O–H groups in total. The van der Waals surface area contributed by atoms with Gasteiger partial charge >= 0.3 is 18.1 Å². The predicted octanol–water partition coefficient (Wildman–Crippen LogP) is 3.91. The van der Waals surface area contributed by atoms with Gasteiger partial charge in [-0.3, -0.25) is 4.79 Å². The number of alkyl halides is 4. The van der Waals surface area contributed by atoms with E-state index in [-0.39, 0.29) is 13.0 Å². The van der Waals surface area contributed by atoms with E-state index >= 15 is 0 Å². The molecule has 0 rings (SSSR count). The smallest absolute Gasteiger partial charge is 0.464 e. The molecule has 0 unspecified atom stereocenters. The lowest BCUT2D eigenvalue weighted by Crippen LogP contribution is -2.47. The zero-order valence-electron chi connectivity index (χ0n) is 13.8. The number of nitrogens with one attached hydrogen (secondary N) is 1. The van der Waals surface area contributed by atoms with Crippen molar-refractivity contribution >= 4 is 42.5 Å². The Balaban J connectivity index is 4.56. The molecule has 0 fully saturated rings. The van der Waals surface area contributed by atoms with Crippen LogP contribution in [0.3, 0.4) is 0 Å². The summed E-state index contributed by atoms with van der Waals surface area (Å²) in [7, 11) is -1.40. The number of hydrogen-bond donors (Lipinski definition) is 1. The third-order valence-corrected chi connectivity index (χ3v) is 5.54. The molecule has 136 valence electrons. The molecule has 0 heterocycles. The van der Waals surface area contributed by atoms with E-state index in [4.69, 9.17) is 4.74 Å². The predicted molar refractivity (Wildman–Crippen MR) is 94.5 cm³/mol. The van der Waals surface area contributed by atoms with Gasteiger partial charge in [0, 0.05) is 8.07 Å². The Morgan fingerprint density at radius 1 is 1.17 bits per heavy atom. The molecule has 0 aliphatic rings. The highest BCUT2D eigenvalue weighted by molar-refractivity contribution is 14.1. The average molecular weight is 467 g/mol. The molecule has 0 radical (unpaired) electrons. The van der Waals surface area contributed by atoms with Gasteiger partial charge in [0.05, 0.1) is 6.61 Å². The monoisotopic (exact) mass is 467 g/mol. The quantitative estimate of drug-likeness (QED) is 0.174. The second kappa shape index (κ2) is 10.5. The molecular formula is C14H25F3INO3Si. The lowest BCUT2D eigenvalue weighted by atomic mass is 10.1. The minimum atomic E-state index is -5.00. The van der Waals surface area contributed by atoms with Gasteiger partial charge in [-0.2, -0.15) is 13.2 Å². The van der Waals surface area contributed by atoms with Crippen LogP contribution < -0.4 is 5.32 Å². The summed E-state index contributed by atoms with van der Waals surface area (Å²) in [4.78, 5) is 23.0. The van der Waals surface area contributed by atoms with Crippen molar-refractivity contribution in [3.8, 4) is 0 Å². The Hall–Kier alpha value is -0.323. The molecule has 0 bridgehead atoms. The highest BCUT2D eigenvalue weighted by Crippen LogP contribution is 2.16. The Morgan fingerprint density at radius 3 is 2.26 bits per heavy atom. The fourth-order valence-corrected chi connectivity index (χ4v) is 2.92. The van der Waals surface area contributed by atoms with E-state index in [0.717, 1.165) is 23.3 Å². The maximum atomic E-state index is 12.4.